The molecule has 0 saturated heterocycles. The van der Waals surface area contributed by atoms with Gasteiger partial charge in [-0.15, -0.1) is 0 Å². The molecule has 1 N–H and O–H groups in total. The Labute approximate surface area is 195 Å². The number of amides is 1. The largest absolute Gasteiger partial charge is 0.348 e. The van der Waals surface area contributed by atoms with Crippen molar-refractivity contribution in [1.82, 2.24) is 10.2 Å². The van der Waals surface area contributed by atoms with Gasteiger partial charge in [-0.3, -0.25) is 9.10 Å². The fraction of sp³-hybridized carbons (Fsp3) is 0.269. The van der Waals surface area contributed by atoms with Crippen LogP contribution in [0.3, 0.4) is 0 Å². The molecule has 3 aromatic rings. The van der Waals surface area contributed by atoms with E-state index in [9.17, 15) is 13.2 Å². The van der Waals surface area contributed by atoms with Crippen LogP contribution in [0.1, 0.15) is 33.5 Å². The number of benzene rings is 3. The predicted octanol–water partition coefficient (Wildman–Crippen LogP) is 3.82. The molecule has 6 nitrogen and oxygen atoms in total. The van der Waals surface area contributed by atoms with Crippen molar-refractivity contribution < 1.29 is 13.2 Å². The van der Waals surface area contributed by atoms with E-state index in [0.29, 0.717) is 18.7 Å². The van der Waals surface area contributed by atoms with E-state index in [1.165, 1.54) is 15.9 Å². The highest BCUT2D eigenvalue weighted by molar-refractivity contribution is 7.92. The van der Waals surface area contributed by atoms with Gasteiger partial charge in [-0.25, -0.2) is 8.42 Å². The van der Waals surface area contributed by atoms with Crippen LogP contribution in [0.5, 0.6) is 0 Å². The number of hydrogen-bond acceptors (Lipinski definition) is 4. The zero-order chi connectivity index (χ0) is 23.4. The monoisotopic (exact) mass is 463 g/mol. The minimum absolute atomic E-state index is 0.125. The Balaban J connectivity index is 1.48. The first-order chi connectivity index (χ1) is 15.8. The molecular weight excluding hydrogens is 434 g/mol. The lowest BCUT2D eigenvalue weighted by molar-refractivity contribution is 0.0950. The first-order valence-corrected chi connectivity index (χ1v) is 12.5. The van der Waals surface area contributed by atoms with Crippen LogP contribution in [0.4, 0.5) is 5.69 Å². The SMILES string of the molecule is CN(C)Cc1ccc(CNC(=O)c2cccc(S(=O)(=O)N3CCCc4ccccc43)c2)cc1. The van der Waals surface area contributed by atoms with Gasteiger partial charge < -0.3 is 10.2 Å². The average Bonchev–Trinajstić information content (AvgIpc) is 2.82. The first kappa shape index (κ1) is 23.0. The number of para-hydroxylation sites is 1. The third-order valence-corrected chi connectivity index (χ3v) is 7.54. The van der Waals surface area contributed by atoms with E-state index in [4.69, 9.17) is 0 Å². The third kappa shape index (κ3) is 5.26. The van der Waals surface area contributed by atoms with Crippen molar-refractivity contribution in [3.63, 3.8) is 0 Å². The summed E-state index contributed by atoms with van der Waals surface area (Å²) in [4.78, 5) is 15.0. The summed E-state index contributed by atoms with van der Waals surface area (Å²) >= 11 is 0. The molecule has 7 heteroatoms. The molecule has 1 aliphatic rings. The normalized spacial score (nSPS) is 13.6. The average molecular weight is 464 g/mol. The van der Waals surface area contributed by atoms with E-state index in [1.54, 1.807) is 18.2 Å². The summed E-state index contributed by atoms with van der Waals surface area (Å²) in [7, 11) is 0.277. The van der Waals surface area contributed by atoms with Crippen molar-refractivity contribution in [1.29, 1.82) is 0 Å². The molecule has 172 valence electrons. The van der Waals surface area contributed by atoms with Gasteiger partial charge in [0.1, 0.15) is 0 Å². The molecule has 1 aliphatic heterocycles. The lowest BCUT2D eigenvalue weighted by Gasteiger charge is -2.30. The summed E-state index contributed by atoms with van der Waals surface area (Å²) in [5, 5.41) is 2.89. The van der Waals surface area contributed by atoms with E-state index < -0.39 is 10.0 Å². The van der Waals surface area contributed by atoms with Gasteiger partial charge in [-0.05, 0) is 67.9 Å². The molecule has 0 radical (unpaired) electrons. The van der Waals surface area contributed by atoms with Crippen molar-refractivity contribution in [3.05, 3.63) is 95.1 Å². The lowest BCUT2D eigenvalue weighted by Crippen LogP contribution is -2.35. The van der Waals surface area contributed by atoms with Gasteiger partial charge in [0.2, 0.25) is 0 Å². The Morgan fingerprint density at radius 1 is 0.970 bits per heavy atom. The second-order valence-corrected chi connectivity index (χ2v) is 10.4. The van der Waals surface area contributed by atoms with Crippen LogP contribution < -0.4 is 9.62 Å². The Kier molecular flexibility index (Phi) is 6.81. The van der Waals surface area contributed by atoms with Crippen molar-refractivity contribution in [2.75, 3.05) is 24.9 Å². The smallest absolute Gasteiger partial charge is 0.264 e. The van der Waals surface area contributed by atoms with Gasteiger partial charge in [0.25, 0.3) is 15.9 Å². The summed E-state index contributed by atoms with van der Waals surface area (Å²) in [6, 6.07) is 21.9. The van der Waals surface area contributed by atoms with E-state index in [-0.39, 0.29) is 10.8 Å². The van der Waals surface area contributed by atoms with Crippen LogP contribution in [0.25, 0.3) is 0 Å². The zero-order valence-electron chi connectivity index (χ0n) is 19.0. The van der Waals surface area contributed by atoms with Gasteiger partial charge >= 0.3 is 0 Å². The van der Waals surface area contributed by atoms with E-state index in [0.717, 1.165) is 36.2 Å². The second kappa shape index (κ2) is 9.77. The number of hydrogen-bond donors (Lipinski definition) is 1. The van der Waals surface area contributed by atoms with Gasteiger partial charge in [0, 0.05) is 25.2 Å². The fourth-order valence-electron chi connectivity index (χ4n) is 4.09. The summed E-state index contributed by atoms with van der Waals surface area (Å²) in [5.74, 6) is -0.302. The summed E-state index contributed by atoms with van der Waals surface area (Å²) in [6.07, 6.45) is 1.63. The van der Waals surface area contributed by atoms with Crippen LogP contribution in [-0.4, -0.2) is 39.9 Å². The van der Waals surface area contributed by atoms with Gasteiger partial charge in [-0.1, -0.05) is 48.5 Å². The van der Waals surface area contributed by atoms with E-state index in [2.05, 4.69) is 10.2 Å². The van der Waals surface area contributed by atoms with Gasteiger partial charge in [-0.2, -0.15) is 0 Å². The molecule has 0 saturated carbocycles. The first-order valence-electron chi connectivity index (χ1n) is 11.1. The Bertz CT molecular complexity index is 1240. The van der Waals surface area contributed by atoms with Crippen molar-refractivity contribution in [2.45, 2.75) is 30.8 Å². The molecule has 0 atom stereocenters. The summed E-state index contributed by atoms with van der Waals surface area (Å²) < 4.78 is 28.3. The number of rotatable bonds is 7. The van der Waals surface area contributed by atoms with Gasteiger partial charge in [0.05, 0.1) is 10.6 Å². The Morgan fingerprint density at radius 3 is 2.45 bits per heavy atom. The summed E-state index contributed by atoms with van der Waals surface area (Å²) in [5.41, 5.74) is 4.26. The molecule has 0 fully saturated rings. The predicted molar refractivity (Wildman–Crippen MR) is 131 cm³/mol. The third-order valence-electron chi connectivity index (χ3n) is 5.73. The van der Waals surface area contributed by atoms with Crippen LogP contribution in [0, 0.1) is 0 Å². The number of carbonyl (C=O) groups is 1. The quantitative estimate of drug-likeness (QED) is 0.578. The molecule has 1 amide bonds. The molecule has 0 spiro atoms. The lowest BCUT2D eigenvalue weighted by atomic mass is 10.0. The number of aryl methyl sites for hydroxylation is 1. The highest BCUT2D eigenvalue weighted by atomic mass is 32.2. The number of fused-ring (bicyclic) bond motifs is 1. The number of anilines is 1. The molecule has 0 aliphatic carbocycles. The topological polar surface area (TPSA) is 69.7 Å². The number of sulfonamides is 1. The highest BCUT2D eigenvalue weighted by Gasteiger charge is 2.29. The van der Waals surface area contributed by atoms with Crippen molar-refractivity contribution >= 4 is 21.6 Å². The van der Waals surface area contributed by atoms with E-state index in [1.807, 2.05) is 62.6 Å². The van der Waals surface area contributed by atoms with Crippen molar-refractivity contribution in [2.24, 2.45) is 0 Å². The molecule has 3 aromatic carbocycles. The van der Waals surface area contributed by atoms with Crippen LogP contribution in [0.2, 0.25) is 0 Å². The van der Waals surface area contributed by atoms with Crippen molar-refractivity contribution in [3.8, 4) is 0 Å². The molecule has 4 rings (SSSR count). The maximum Gasteiger partial charge on any atom is 0.264 e. The second-order valence-electron chi connectivity index (χ2n) is 8.57. The maximum absolute atomic E-state index is 13.4. The highest BCUT2D eigenvalue weighted by Crippen LogP contribution is 2.31. The van der Waals surface area contributed by atoms with E-state index >= 15 is 0 Å². The number of nitrogens with one attached hydrogen (secondary N) is 1. The fourth-order valence-corrected chi connectivity index (χ4v) is 5.67. The molecular formula is C26H29N3O3S. The number of carbonyl (C=O) groups excluding carboxylic acids is 1. The zero-order valence-corrected chi connectivity index (χ0v) is 19.8. The standard InChI is InChI=1S/C26H29N3O3S/c1-28(2)19-21-14-12-20(13-15-21)18-27-26(30)23-8-5-10-24(17-23)33(31,32)29-16-6-9-22-7-3-4-11-25(22)29/h3-5,7-8,10-15,17H,6,9,16,18-19H2,1-2H3,(H,27,30). The minimum atomic E-state index is -3.76. The molecule has 0 aromatic heterocycles. The molecule has 0 unspecified atom stereocenters. The van der Waals surface area contributed by atoms with Crippen LogP contribution in [-0.2, 0) is 29.5 Å². The van der Waals surface area contributed by atoms with Crippen LogP contribution >= 0.6 is 0 Å². The number of nitrogens with zero attached hydrogens (tertiary/aromatic N) is 2. The maximum atomic E-state index is 13.4. The molecule has 1 heterocycles. The minimum Gasteiger partial charge on any atom is -0.348 e. The Hall–Kier alpha value is -3.16. The molecule has 0 bridgehead atoms. The summed E-state index contributed by atoms with van der Waals surface area (Å²) in [6.45, 7) is 1.66. The Morgan fingerprint density at radius 2 is 1.70 bits per heavy atom. The van der Waals surface area contributed by atoms with Crippen LogP contribution in [0.15, 0.2) is 77.7 Å². The molecule has 33 heavy (non-hydrogen) atoms. The van der Waals surface area contributed by atoms with Gasteiger partial charge in [0.15, 0.2) is 0 Å².